The summed E-state index contributed by atoms with van der Waals surface area (Å²) in [6.45, 7) is 3.64. The predicted octanol–water partition coefficient (Wildman–Crippen LogP) is 2.61. The second kappa shape index (κ2) is 7.65. The van der Waals surface area contributed by atoms with Gasteiger partial charge in [0.05, 0.1) is 11.9 Å². The molecule has 1 N–H and O–H groups in total. The molecule has 1 atom stereocenters. The summed E-state index contributed by atoms with van der Waals surface area (Å²) in [7, 11) is -3.84. The maximum absolute atomic E-state index is 14.1. The van der Waals surface area contributed by atoms with Crippen LogP contribution in [0.4, 0.5) is 10.1 Å². The van der Waals surface area contributed by atoms with Crippen molar-refractivity contribution in [3.05, 3.63) is 65.5 Å². The van der Waals surface area contributed by atoms with Crippen LogP contribution >= 0.6 is 0 Å². The van der Waals surface area contributed by atoms with Gasteiger partial charge in [0.15, 0.2) is 0 Å². The van der Waals surface area contributed by atoms with Gasteiger partial charge in [-0.1, -0.05) is 42.0 Å². The first-order valence-corrected chi connectivity index (χ1v) is 9.62. The lowest BCUT2D eigenvalue weighted by Gasteiger charge is -2.28. The van der Waals surface area contributed by atoms with Crippen LogP contribution in [0.5, 0.6) is 0 Å². The Labute approximate surface area is 147 Å². The van der Waals surface area contributed by atoms with Crippen LogP contribution in [0.15, 0.2) is 48.5 Å². The van der Waals surface area contributed by atoms with Gasteiger partial charge >= 0.3 is 0 Å². The zero-order chi connectivity index (χ0) is 18.6. The third kappa shape index (κ3) is 4.79. The van der Waals surface area contributed by atoms with E-state index in [0.717, 1.165) is 27.8 Å². The maximum atomic E-state index is 14.1. The summed E-state index contributed by atoms with van der Waals surface area (Å²) in [6.07, 6.45) is 0.948. The van der Waals surface area contributed by atoms with E-state index in [0.29, 0.717) is 0 Å². The number of anilines is 1. The maximum Gasteiger partial charge on any atom is 0.243 e. The van der Waals surface area contributed by atoms with E-state index in [2.05, 4.69) is 5.32 Å². The van der Waals surface area contributed by atoms with Gasteiger partial charge in [0.2, 0.25) is 15.9 Å². The first kappa shape index (κ1) is 18.9. The zero-order valence-corrected chi connectivity index (χ0v) is 15.2. The van der Waals surface area contributed by atoms with Crippen molar-refractivity contribution in [2.24, 2.45) is 0 Å². The fourth-order valence-corrected chi connectivity index (χ4v) is 3.75. The molecule has 1 amide bonds. The molecule has 7 heteroatoms. The highest BCUT2D eigenvalue weighted by atomic mass is 32.2. The number of nitrogens with zero attached hydrogens (tertiary/aromatic N) is 1. The molecule has 2 aromatic rings. The molecule has 0 bridgehead atoms. The summed E-state index contributed by atoms with van der Waals surface area (Å²) in [5.41, 5.74) is 1.81. The Morgan fingerprint density at radius 1 is 1.20 bits per heavy atom. The fraction of sp³-hybridized carbons (Fsp3) is 0.278. The van der Waals surface area contributed by atoms with E-state index in [4.69, 9.17) is 0 Å². The highest BCUT2D eigenvalue weighted by Gasteiger charge is 2.30. The quantitative estimate of drug-likeness (QED) is 0.857. The summed E-state index contributed by atoms with van der Waals surface area (Å²) < 4.78 is 39.1. The molecule has 0 radical (unpaired) electrons. The van der Waals surface area contributed by atoms with Gasteiger partial charge in [-0.3, -0.25) is 9.10 Å². The minimum Gasteiger partial charge on any atom is -0.350 e. The number of amides is 1. The smallest absolute Gasteiger partial charge is 0.243 e. The van der Waals surface area contributed by atoms with Crippen LogP contribution in [0.3, 0.4) is 0 Å². The second-order valence-electron chi connectivity index (χ2n) is 5.89. The van der Waals surface area contributed by atoms with Crippen molar-refractivity contribution in [1.82, 2.24) is 5.32 Å². The summed E-state index contributed by atoms with van der Waals surface area (Å²) in [5.74, 6) is -1.21. The Morgan fingerprint density at radius 2 is 1.88 bits per heavy atom. The number of carbonyl (C=O) groups is 1. The van der Waals surface area contributed by atoms with Crippen LogP contribution in [0.25, 0.3) is 0 Å². The van der Waals surface area contributed by atoms with Crippen LogP contribution in [0, 0.1) is 12.7 Å². The van der Waals surface area contributed by atoms with E-state index in [-0.39, 0.29) is 12.2 Å². The van der Waals surface area contributed by atoms with Crippen molar-refractivity contribution in [1.29, 1.82) is 0 Å². The lowest BCUT2D eigenvalue weighted by atomic mass is 10.1. The molecule has 0 unspecified atom stereocenters. The average Bonchev–Trinajstić information content (AvgIpc) is 2.53. The number of hydrogen-bond acceptors (Lipinski definition) is 3. The number of carbonyl (C=O) groups excluding carboxylic acids is 1. The van der Waals surface area contributed by atoms with Gasteiger partial charge in [-0.25, -0.2) is 12.8 Å². The minimum absolute atomic E-state index is 0.150. The number of nitrogens with one attached hydrogen (secondary N) is 1. The number of hydrogen-bond donors (Lipinski definition) is 1. The van der Waals surface area contributed by atoms with E-state index in [9.17, 15) is 17.6 Å². The molecule has 0 aromatic heterocycles. The molecule has 0 heterocycles. The monoisotopic (exact) mass is 364 g/mol. The summed E-state index contributed by atoms with van der Waals surface area (Å²) in [5, 5.41) is 2.70. The summed E-state index contributed by atoms with van der Waals surface area (Å²) in [6, 6.07) is 12.0. The Hall–Kier alpha value is -2.41. The van der Waals surface area contributed by atoms with Crippen LogP contribution < -0.4 is 9.62 Å². The highest BCUT2D eigenvalue weighted by molar-refractivity contribution is 7.92. The predicted molar refractivity (Wildman–Crippen MR) is 96.2 cm³/mol. The molecular weight excluding hydrogens is 343 g/mol. The molecule has 5 nitrogen and oxygen atoms in total. The van der Waals surface area contributed by atoms with Gasteiger partial charge in [-0.05, 0) is 31.5 Å². The van der Waals surface area contributed by atoms with Crippen molar-refractivity contribution in [2.75, 3.05) is 10.6 Å². The van der Waals surface area contributed by atoms with E-state index in [1.165, 1.54) is 25.1 Å². The molecule has 0 spiro atoms. The van der Waals surface area contributed by atoms with E-state index in [1.807, 2.05) is 31.2 Å². The molecule has 0 aliphatic heterocycles. The lowest BCUT2D eigenvalue weighted by molar-refractivity contribution is -0.122. The third-order valence-electron chi connectivity index (χ3n) is 3.73. The Balaban J connectivity index is 2.20. The van der Waals surface area contributed by atoms with Gasteiger partial charge in [-0.2, -0.15) is 0 Å². The normalized spacial score (nSPS) is 12.5. The van der Waals surface area contributed by atoms with Crippen LogP contribution in [0.2, 0.25) is 0 Å². The van der Waals surface area contributed by atoms with Crippen LogP contribution in [-0.4, -0.2) is 26.6 Å². The fourth-order valence-electron chi connectivity index (χ4n) is 2.57. The molecule has 0 saturated carbocycles. The first-order chi connectivity index (χ1) is 11.7. The number of halogens is 1. The number of rotatable bonds is 6. The molecular formula is C18H21FN2O3S. The molecule has 134 valence electrons. The minimum atomic E-state index is -3.84. The number of benzene rings is 2. The number of aryl methyl sites for hydroxylation is 1. The topological polar surface area (TPSA) is 66.5 Å². The molecule has 2 aromatic carbocycles. The molecule has 0 saturated heterocycles. The first-order valence-electron chi connectivity index (χ1n) is 7.77. The van der Waals surface area contributed by atoms with E-state index in [1.54, 1.807) is 0 Å². The van der Waals surface area contributed by atoms with Gasteiger partial charge in [-0.15, -0.1) is 0 Å². The molecule has 0 fully saturated rings. The van der Waals surface area contributed by atoms with E-state index < -0.39 is 27.8 Å². The third-order valence-corrected chi connectivity index (χ3v) is 4.96. The standard InChI is InChI=1S/C18H21FN2O3S/c1-13-7-6-8-15(11-13)12-20-18(22)14(2)21(25(3,23)24)17-10-5-4-9-16(17)19/h4-11,14H,12H2,1-3H3,(H,20,22)/t14-/m0/s1. The molecule has 0 aliphatic carbocycles. The molecule has 0 aliphatic rings. The second-order valence-corrected chi connectivity index (χ2v) is 7.75. The van der Waals surface area contributed by atoms with Gasteiger partial charge < -0.3 is 5.32 Å². The van der Waals surface area contributed by atoms with Gasteiger partial charge in [0.25, 0.3) is 0 Å². The van der Waals surface area contributed by atoms with Gasteiger partial charge in [0.1, 0.15) is 11.9 Å². The Bertz CT molecular complexity index is 868. The molecule has 2 rings (SSSR count). The van der Waals surface area contributed by atoms with E-state index >= 15 is 0 Å². The average molecular weight is 364 g/mol. The van der Waals surface area contributed by atoms with Crippen molar-refractivity contribution in [3.63, 3.8) is 0 Å². The summed E-state index contributed by atoms with van der Waals surface area (Å²) >= 11 is 0. The number of sulfonamides is 1. The highest BCUT2D eigenvalue weighted by Crippen LogP contribution is 2.24. The number of para-hydroxylation sites is 1. The largest absolute Gasteiger partial charge is 0.350 e. The SMILES string of the molecule is Cc1cccc(CNC(=O)[C@H](C)N(c2ccccc2F)S(C)(=O)=O)c1. The van der Waals surface area contributed by atoms with Crippen LogP contribution in [0.1, 0.15) is 18.1 Å². The zero-order valence-electron chi connectivity index (χ0n) is 14.4. The molecule has 25 heavy (non-hydrogen) atoms. The van der Waals surface area contributed by atoms with Crippen LogP contribution in [-0.2, 0) is 21.4 Å². The summed E-state index contributed by atoms with van der Waals surface area (Å²) in [4.78, 5) is 12.4. The van der Waals surface area contributed by atoms with Crippen molar-refractivity contribution in [2.45, 2.75) is 26.4 Å². The van der Waals surface area contributed by atoms with Crippen molar-refractivity contribution >= 4 is 21.6 Å². The van der Waals surface area contributed by atoms with Crippen molar-refractivity contribution < 1.29 is 17.6 Å². The van der Waals surface area contributed by atoms with Crippen molar-refractivity contribution in [3.8, 4) is 0 Å². The Kier molecular flexibility index (Phi) is 5.79. The van der Waals surface area contributed by atoms with Gasteiger partial charge in [0, 0.05) is 6.54 Å². The lowest BCUT2D eigenvalue weighted by Crippen LogP contribution is -2.48. The Morgan fingerprint density at radius 3 is 2.48 bits per heavy atom.